The number of hydrogen-bond donors (Lipinski definition) is 0. The molecular formula is C14H12ClF3N2O4S. The largest absolute Gasteiger partial charge is 0.618 e. The lowest BCUT2D eigenvalue weighted by Gasteiger charge is -2.21. The van der Waals surface area contributed by atoms with E-state index in [0.29, 0.717) is 4.31 Å². The molecule has 2 rings (SSSR count). The van der Waals surface area contributed by atoms with E-state index in [-0.39, 0.29) is 21.2 Å². The highest BCUT2D eigenvalue weighted by atomic mass is 35.5. The maximum absolute atomic E-state index is 12.6. The monoisotopic (exact) mass is 396 g/mol. The van der Waals surface area contributed by atoms with Crippen LogP contribution in [0, 0.1) is 5.21 Å². The first kappa shape index (κ1) is 19.1. The predicted octanol–water partition coefficient (Wildman–Crippen LogP) is 2.74. The summed E-state index contributed by atoms with van der Waals surface area (Å²) < 4.78 is 67.6. The highest BCUT2D eigenvalue weighted by molar-refractivity contribution is 7.92. The van der Waals surface area contributed by atoms with Crippen molar-refractivity contribution in [3.63, 3.8) is 0 Å². The van der Waals surface area contributed by atoms with E-state index in [4.69, 9.17) is 11.6 Å². The highest BCUT2D eigenvalue weighted by Gasteiger charge is 2.32. The van der Waals surface area contributed by atoms with E-state index in [0.717, 1.165) is 19.3 Å². The minimum atomic E-state index is -4.58. The van der Waals surface area contributed by atoms with Gasteiger partial charge in [-0.05, 0) is 18.2 Å². The lowest BCUT2D eigenvalue weighted by atomic mass is 10.3. The summed E-state index contributed by atoms with van der Waals surface area (Å²) in [6.45, 7) is -1.58. The van der Waals surface area contributed by atoms with Crippen LogP contribution in [0.4, 0.5) is 18.9 Å². The van der Waals surface area contributed by atoms with Crippen LogP contribution >= 0.6 is 11.6 Å². The van der Waals surface area contributed by atoms with E-state index in [1.165, 1.54) is 30.3 Å². The zero-order valence-corrected chi connectivity index (χ0v) is 14.3. The van der Waals surface area contributed by atoms with Crippen molar-refractivity contribution in [1.29, 1.82) is 0 Å². The quantitative estimate of drug-likeness (QED) is 0.575. The molecule has 0 radical (unpaired) electrons. The third-order valence-corrected chi connectivity index (χ3v) is 5.05. The first-order chi connectivity index (χ1) is 11.5. The molecule has 11 heteroatoms. The number of ether oxygens (including phenoxy) is 1. The number of rotatable bonds is 5. The van der Waals surface area contributed by atoms with Gasteiger partial charge >= 0.3 is 21.2 Å². The molecule has 1 aromatic heterocycles. The molecule has 0 aliphatic rings. The fourth-order valence-corrected chi connectivity index (χ4v) is 3.27. The van der Waals surface area contributed by atoms with Crippen LogP contribution in [0.3, 0.4) is 0 Å². The molecule has 0 saturated carbocycles. The third kappa shape index (κ3) is 4.45. The second kappa shape index (κ2) is 6.96. The normalized spacial score (nSPS) is 12.0. The molecule has 0 aliphatic carbocycles. The smallest absolute Gasteiger partial charge is 0.422 e. The topological polar surface area (TPSA) is 73.5 Å². The number of pyridine rings is 1. The van der Waals surface area contributed by atoms with Crippen LogP contribution < -0.4 is 13.8 Å². The molecule has 0 spiro atoms. The van der Waals surface area contributed by atoms with E-state index in [1.807, 2.05) is 0 Å². The van der Waals surface area contributed by atoms with Crippen molar-refractivity contribution >= 4 is 27.3 Å². The molecule has 25 heavy (non-hydrogen) atoms. The molecule has 0 bridgehead atoms. The van der Waals surface area contributed by atoms with Crippen molar-refractivity contribution in [2.75, 3.05) is 18.0 Å². The zero-order chi connectivity index (χ0) is 18.8. The first-order valence-corrected chi connectivity index (χ1v) is 8.50. The Hall–Kier alpha value is -2.20. The van der Waals surface area contributed by atoms with Gasteiger partial charge in [-0.1, -0.05) is 23.7 Å². The summed E-state index contributed by atoms with van der Waals surface area (Å²) >= 11 is 5.62. The van der Waals surface area contributed by atoms with Crippen LogP contribution in [0.2, 0.25) is 5.02 Å². The number of halogens is 4. The first-order valence-electron chi connectivity index (χ1n) is 6.68. The molecule has 1 aromatic carbocycles. The average molecular weight is 397 g/mol. The van der Waals surface area contributed by atoms with Crippen molar-refractivity contribution in [3.8, 4) is 5.75 Å². The average Bonchev–Trinajstić information content (AvgIpc) is 2.51. The van der Waals surface area contributed by atoms with Crippen LogP contribution in [0.15, 0.2) is 47.6 Å². The van der Waals surface area contributed by atoms with Crippen molar-refractivity contribution in [2.24, 2.45) is 0 Å². The molecule has 0 amide bonds. The van der Waals surface area contributed by atoms with Crippen LogP contribution in [0.5, 0.6) is 5.75 Å². The van der Waals surface area contributed by atoms with Crippen LogP contribution in [-0.2, 0) is 10.0 Å². The number of aromatic nitrogens is 1. The van der Waals surface area contributed by atoms with Gasteiger partial charge in [0.15, 0.2) is 12.8 Å². The van der Waals surface area contributed by atoms with Crippen LogP contribution in [0.25, 0.3) is 0 Å². The number of nitrogens with zero attached hydrogens (tertiary/aromatic N) is 2. The maximum atomic E-state index is 12.6. The standard InChI is InChI=1S/C14H12ClF3N2O4S/c1-19(25(22,23)13-7-6-10(15)8-20(13)21)11-4-2-3-5-12(11)24-9-14(16,17)18/h2-8H,9H2,1H3. The predicted molar refractivity (Wildman–Crippen MR) is 84.0 cm³/mol. The lowest BCUT2D eigenvalue weighted by Crippen LogP contribution is -2.39. The Bertz CT molecular complexity index is 875. The van der Waals surface area contributed by atoms with Gasteiger partial charge in [-0.25, -0.2) is 0 Å². The van der Waals surface area contributed by atoms with Gasteiger partial charge in [-0.15, -0.1) is 0 Å². The molecule has 0 atom stereocenters. The van der Waals surface area contributed by atoms with Gasteiger partial charge in [-0.3, -0.25) is 4.31 Å². The van der Waals surface area contributed by atoms with Gasteiger partial charge in [-0.2, -0.15) is 26.3 Å². The Morgan fingerprint density at radius 2 is 1.88 bits per heavy atom. The fraction of sp³-hybridized carbons (Fsp3) is 0.214. The van der Waals surface area contributed by atoms with E-state index in [9.17, 15) is 26.8 Å². The second-order valence-electron chi connectivity index (χ2n) is 4.86. The van der Waals surface area contributed by atoms with Crippen molar-refractivity contribution in [2.45, 2.75) is 11.2 Å². The zero-order valence-electron chi connectivity index (χ0n) is 12.7. The van der Waals surface area contributed by atoms with E-state index in [1.54, 1.807) is 0 Å². The van der Waals surface area contributed by atoms with E-state index in [2.05, 4.69) is 4.74 Å². The number of benzene rings is 1. The number of anilines is 1. The van der Waals surface area contributed by atoms with E-state index < -0.39 is 27.8 Å². The van der Waals surface area contributed by atoms with E-state index >= 15 is 0 Å². The van der Waals surface area contributed by atoms with Gasteiger partial charge in [0, 0.05) is 13.1 Å². The van der Waals surface area contributed by atoms with Crippen LogP contribution in [0.1, 0.15) is 0 Å². The summed E-state index contributed by atoms with van der Waals surface area (Å²) in [6.07, 6.45) is -3.73. The summed E-state index contributed by atoms with van der Waals surface area (Å²) in [5.74, 6) is -0.294. The van der Waals surface area contributed by atoms with Crippen molar-refractivity contribution in [3.05, 3.63) is 52.8 Å². The third-order valence-electron chi connectivity index (χ3n) is 3.06. The molecule has 0 saturated heterocycles. The Labute approximate surface area is 146 Å². The second-order valence-corrected chi connectivity index (χ2v) is 7.21. The molecule has 0 fully saturated rings. The van der Waals surface area contributed by atoms with Crippen LogP contribution in [-0.4, -0.2) is 28.2 Å². The molecule has 0 N–H and O–H groups in total. The number of hydrogen-bond acceptors (Lipinski definition) is 4. The Kier molecular flexibility index (Phi) is 5.33. The SMILES string of the molecule is CN(c1ccccc1OCC(F)(F)F)S(=O)(=O)c1ccc(Cl)c[n+]1[O-]. The minimum absolute atomic E-state index is 0.0329. The van der Waals surface area contributed by atoms with Gasteiger partial charge in [0.05, 0.1) is 5.69 Å². The summed E-state index contributed by atoms with van der Waals surface area (Å²) in [5.41, 5.74) is -0.151. The summed E-state index contributed by atoms with van der Waals surface area (Å²) in [6, 6.07) is 7.48. The number of sulfonamides is 1. The molecule has 1 heterocycles. The number of para-hydroxylation sites is 2. The maximum Gasteiger partial charge on any atom is 0.422 e. The van der Waals surface area contributed by atoms with Gasteiger partial charge in [0.2, 0.25) is 0 Å². The summed E-state index contributed by atoms with van der Waals surface area (Å²) in [5, 5.41) is 11.2. The number of alkyl halides is 3. The molecule has 136 valence electrons. The molecule has 2 aromatic rings. The Balaban J connectivity index is 2.41. The summed E-state index contributed by atoms with van der Waals surface area (Å²) in [4.78, 5) is 0. The molecule has 0 aliphatic heterocycles. The Morgan fingerprint density at radius 3 is 2.48 bits per heavy atom. The Morgan fingerprint density at radius 1 is 1.24 bits per heavy atom. The molecule has 6 nitrogen and oxygen atoms in total. The van der Waals surface area contributed by atoms with Gasteiger partial charge in [0.1, 0.15) is 10.8 Å². The highest BCUT2D eigenvalue weighted by Crippen LogP contribution is 2.31. The van der Waals surface area contributed by atoms with Gasteiger partial charge in [0.25, 0.3) is 0 Å². The minimum Gasteiger partial charge on any atom is -0.618 e. The van der Waals surface area contributed by atoms with Crippen molar-refractivity contribution in [1.82, 2.24) is 0 Å². The molecule has 0 unspecified atom stereocenters. The lowest BCUT2D eigenvalue weighted by molar-refractivity contribution is -0.646. The fourth-order valence-electron chi connectivity index (χ4n) is 1.91. The van der Waals surface area contributed by atoms with Crippen molar-refractivity contribution < 1.29 is 31.1 Å². The molecular weight excluding hydrogens is 385 g/mol. The van der Waals surface area contributed by atoms with Gasteiger partial charge < -0.3 is 9.94 Å². The summed E-state index contributed by atoms with van der Waals surface area (Å²) in [7, 11) is -3.25.